The van der Waals surface area contributed by atoms with Crippen LogP contribution in [0.2, 0.25) is 0 Å². The highest BCUT2D eigenvalue weighted by Crippen LogP contribution is 2.28. The third-order valence-corrected chi connectivity index (χ3v) is 3.00. The van der Waals surface area contributed by atoms with Crippen LogP contribution in [0.4, 0.5) is 0 Å². The highest BCUT2D eigenvalue weighted by Gasteiger charge is 2.12. The summed E-state index contributed by atoms with van der Waals surface area (Å²) in [6, 6.07) is 3.80. The number of hydrogen-bond donors (Lipinski definition) is 0. The third-order valence-electron chi connectivity index (χ3n) is 3.00. The van der Waals surface area contributed by atoms with Crippen molar-refractivity contribution in [2.45, 2.75) is 59.3 Å². The van der Waals surface area contributed by atoms with Crippen molar-refractivity contribution in [1.82, 2.24) is 0 Å². The van der Waals surface area contributed by atoms with Crippen LogP contribution in [0.1, 0.15) is 56.7 Å². The Morgan fingerprint density at radius 2 is 1.38 bits per heavy atom. The van der Waals surface area contributed by atoms with Crippen LogP contribution in [0.5, 0.6) is 5.75 Å². The van der Waals surface area contributed by atoms with Crippen molar-refractivity contribution in [1.29, 1.82) is 0 Å². The van der Waals surface area contributed by atoms with Gasteiger partial charge in [0.2, 0.25) is 0 Å². The van der Waals surface area contributed by atoms with Crippen LogP contribution >= 0.6 is 0 Å². The average molecular weight is 219 g/mol. The zero-order valence-corrected chi connectivity index (χ0v) is 10.8. The van der Waals surface area contributed by atoms with Crippen molar-refractivity contribution >= 4 is 0 Å². The van der Waals surface area contributed by atoms with E-state index in [1.54, 1.807) is 6.07 Å². The van der Waals surface area contributed by atoms with Crippen molar-refractivity contribution in [2.24, 2.45) is 0 Å². The lowest BCUT2D eigenvalue weighted by molar-refractivity contribution is 0.348. The van der Waals surface area contributed by atoms with E-state index in [-0.39, 0.29) is 5.75 Å². The van der Waals surface area contributed by atoms with Crippen LogP contribution in [0, 0.1) is 0 Å². The Labute approximate surface area is 99.5 Å². The monoisotopic (exact) mass is 219 g/mol. The molecule has 1 heteroatoms. The van der Waals surface area contributed by atoms with E-state index in [1.807, 2.05) is 6.07 Å². The average Bonchev–Trinajstić information content (AvgIpc) is 2.27. The molecule has 0 saturated carbocycles. The SMILES string of the molecule is CCCc1ccc([O])c(CCC)c1CCC. The van der Waals surface area contributed by atoms with Crippen LogP contribution in [-0.4, -0.2) is 0 Å². The summed E-state index contributed by atoms with van der Waals surface area (Å²) < 4.78 is 0. The van der Waals surface area contributed by atoms with Gasteiger partial charge in [-0.15, -0.1) is 0 Å². The summed E-state index contributed by atoms with van der Waals surface area (Å²) in [6.07, 6.45) is 6.43. The second-order valence-corrected chi connectivity index (χ2v) is 4.43. The Morgan fingerprint density at radius 3 is 1.94 bits per heavy atom. The molecule has 89 valence electrons. The quantitative estimate of drug-likeness (QED) is 0.661. The maximum Gasteiger partial charge on any atom is 0.182 e. The number of hydrogen-bond acceptors (Lipinski definition) is 0. The molecule has 0 N–H and O–H groups in total. The van der Waals surface area contributed by atoms with E-state index >= 15 is 0 Å². The van der Waals surface area contributed by atoms with Crippen LogP contribution in [0.15, 0.2) is 12.1 Å². The van der Waals surface area contributed by atoms with Gasteiger partial charge >= 0.3 is 0 Å². The lowest BCUT2D eigenvalue weighted by Gasteiger charge is -2.14. The van der Waals surface area contributed by atoms with Crippen molar-refractivity contribution in [3.05, 3.63) is 28.8 Å². The molecule has 0 fully saturated rings. The fourth-order valence-corrected chi connectivity index (χ4v) is 2.31. The Kier molecular flexibility index (Phi) is 5.37. The molecule has 1 radical (unpaired) electrons. The van der Waals surface area contributed by atoms with Gasteiger partial charge in [0, 0.05) is 5.56 Å². The van der Waals surface area contributed by atoms with Crippen molar-refractivity contribution in [3.63, 3.8) is 0 Å². The summed E-state index contributed by atoms with van der Waals surface area (Å²) in [5.41, 5.74) is 3.82. The summed E-state index contributed by atoms with van der Waals surface area (Å²) in [5, 5.41) is 11.9. The molecule has 0 aliphatic carbocycles. The fourth-order valence-electron chi connectivity index (χ4n) is 2.31. The first-order chi connectivity index (χ1) is 7.74. The maximum absolute atomic E-state index is 11.9. The molecule has 0 spiro atoms. The van der Waals surface area contributed by atoms with Gasteiger partial charge in [-0.2, -0.15) is 0 Å². The first-order valence-corrected chi connectivity index (χ1v) is 6.55. The van der Waals surface area contributed by atoms with Gasteiger partial charge < -0.3 is 0 Å². The van der Waals surface area contributed by atoms with Crippen LogP contribution in [-0.2, 0) is 24.4 Å². The van der Waals surface area contributed by atoms with Gasteiger partial charge in [0.05, 0.1) is 0 Å². The van der Waals surface area contributed by atoms with Gasteiger partial charge in [0.25, 0.3) is 0 Å². The van der Waals surface area contributed by atoms with Gasteiger partial charge in [-0.25, -0.2) is 0 Å². The lowest BCUT2D eigenvalue weighted by Crippen LogP contribution is -2.00. The van der Waals surface area contributed by atoms with Gasteiger partial charge in [-0.05, 0) is 36.5 Å². The largest absolute Gasteiger partial charge is 0.290 e. The Morgan fingerprint density at radius 1 is 0.812 bits per heavy atom. The fraction of sp³-hybridized carbons (Fsp3) is 0.600. The van der Waals surface area contributed by atoms with Crippen LogP contribution in [0.3, 0.4) is 0 Å². The summed E-state index contributed by atoms with van der Waals surface area (Å²) in [4.78, 5) is 0. The summed E-state index contributed by atoms with van der Waals surface area (Å²) >= 11 is 0. The van der Waals surface area contributed by atoms with Gasteiger partial charge in [-0.1, -0.05) is 46.1 Å². The first kappa shape index (κ1) is 13.1. The lowest BCUT2D eigenvalue weighted by atomic mass is 9.91. The van der Waals surface area contributed by atoms with E-state index in [2.05, 4.69) is 20.8 Å². The summed E-state index contributed by atoms with van der Waals surface area (Å²) in [5.74, 6) is 0.241. The molecule has 0 atom stereocenters. The second-order valence-electron chi connectivity index (χ2n) is 4.43. The molecule has 1 aromatic rings. The van der Waals surface area contributed by atoms with Crippen molar-refractivity contribution < 1.29 is 5.11 Å². The molecule has 1 rings (SSSR count). The molecule has 0 amide bonds. The van der Waals surface area contributed by atoms with Crippen molar-refractivity contribution in [3.8, 4) is 5.75 Å². The predicted octanol–water partition coefficient (Wildman–Crippen LogP) is 4.69. The Hall–Kier alpha value is -0.980. The van der Waals surface area contributed by atoms with E-state index < -0.39 is 0 Å². The third kappa shape index (κ3) is 3.01. The highest BCUT2D eigenvalue weighted by molar-refractivity contribution is 5.44. The number of benzene rings is 1. The Bertz CT molecular complexity index is 328. The number of aryl methyl sites for hydroxylation is 1. The summed E-state index contributed by atoms with van der Waals surface area (Å²) in [7, 11) is 0. The van der Waals surface area contributed by atoms with Crippen LogP contribution in [0.25, 0.3) is 0 Å². The normalized spacial score (nSPS) is 10.7. The van der Waals surface area contributed by atoms with E-state index in [1.165, 1.54) is 11.1 Å². The minimum absolute atomic E-state index is 0.241. The van der Waals surface area contributed by atoms with E-state index in [4.69, 9.17) is 0 Å². The zero-order chi connectivity index (χ0) is 12.0. The number of rotatable bonds is 6. The molecule has 0 heterocycles. The molecule has 0 aromatic heterocycles. The van der Waals surface area contributed by atoms with Crippen molar-refractivity contribution in [2.75, 3.05) is 0 Å². The molecular formula is C15H23O. The van der Waals surface area contributed by atoms with Gasteiger partial charge in [0.15, 0.2) is 5.75 Å². The smallest absolute Gasteiger partial charge is 0.182 e. The van der Waals surface area contributed by atoms with E-state index in [0.29, 0.717) is 0 Å². The zero-order valence-electron chi connectivity index (χ0n) is 10.8. The molecule has 0 aliphatic rings. The maximum atomic E-state index is 11.9. The molecule has 0 bridgehead atoms. The molecule has 0 aliphatic heterocycles. The molecule has 0 saturated heterocycles. The molecule has 0 unspecified atom stereocenters. The predicted molar refractivity (Wildman–Crippen MR) is 68.6 cm³/mol. The van der Waals surface area contributed by atoms with E-state index in [9.17, 15) is 5.11 Å². The van der Waals surface area contributed by atoms with Crippen LogP contribution < -0.4 is 0 Å². The minimum Gasteiger partial charge on any atom is -0.290 e. The second kappa shape index (κ2) is 6.57. The standard InChI is InChI=1S/C15H23O/c1-4-7-12-10-11-15(16)14(9-6-3)13(12)8-5-2/h10-11H,4-9H2,1-3H3. The summed E-state index contributed by atoms with van der Waals surface area (Å²) in [6.45, 7) is 6.52. The topological polar surface area (TPSA) is 19.9 Å². The minimum atomic E-state index is 0.241. The Balaban J connectivity index is 3.14. The highest BCUT2D eigenvalue weighted by atomic mass is 16.3. The molecule has 1 aromatic carbocycles. The molecule has 16 heavy (non-hydrogen) atoms. The molecule has 1 nitrogen and oxygen atoms in total. The molecular weight excluding hydrogens is 196 g/mol. The van der Waals surface area contributed by atoms with E-state index in [0.717, 1.165) is 44.1 Å². The van der Waals surface area contributed by atoms with Gasteiger partial charge in [0.1, 0.15) is 0 Å². The van der Waals surface area contributed by atoms with Gasteiger partial charge in [-0.3, -0.25) is 5.11 Å². The first-order valence-electron chi connectivity index (χ1n) is 6.55.